The molecule has 0 bridgehead atoms. The van der Waals surface area contributed by atoms with Gasteiger partial charge in [-0.15, -0.1) is 0 Å². The number of piperidine rings is 1. The molecule has 1 unspecified atom stereocenters. The maximum Gasteiger partial charge on any atom is 0.226 e. The first-order valence-electron chi connectivity index (χ1n) is 12.2. The molecule has 1 heterocycles. The van der Waals surface area contributed by atoms with Crippen molar-refractivity contribution < 1.29 is 9.59 Å². The van der Waals surface area contributed by atoms with E-state index in [1.807, 2.05) is 11.8 Å². The van der Waals surface area contributed by atoms with E-state index in [1.54, 1.807) is 0 Å². The Morgan fingerprint density at radius 2 is 1.88 bits per heavy atom. The highest BCUT2D eigenvalue weighted by Gasteiger charge is 2.36. The minimum atomic E-state index is -0.376. The van der Waals surface area contributed by atoms with Gasteiger partial charge in [0, 0.05) is 37.5 Å². The van der Waals surface area contributed by atoms with E-state index in [2.05, 4.69) is 61.6 Å². The summed E-state index contributed by atoms with van der Waals surface area (Å²) in [6.07, 6.45) is 4.26. The lowest BCUT2D eigenvalue weighted by molar-refractivity contribution is -0.143. The molecule has 174 valence electrons. The van der Waals surface area contributed by atoms with Crippen LogP contribution in [0.1, 0.15) is 58.4 Å². The zero-order valence-corrected chi connectivity index (χ0v) is 19.8. The molecule has 32 heavy (non-hydrogen) atoms. The first kappa shape index (κ1) is 24.2. The summed E-state index contributed by atoms with van der Waals surface area (Å²) >= 11 is 0. The number of primary amides is 1. The predicted molar refractivity (Wildman–Crippen MR) is 131 cm³/mol. The Morgan fingerprint density at radius 3 is 2.59 bits per heavy atom. The molecule has 0 radical (unpaired) electrons. The van der Waals surface area contributed by atoms with Crippen molar-refractivity contribution in [3.63, 3.8) is 0 Å². The molecule has 0 aliphatic carbocycles. The first-order chi connectivity index (χ1) is 15.4. The van der Waals surface area contributed by atoms with Crippen LogP contribution in [0.4, 0.5) is 0 Å². The van der Waals surface area contributed by atoms with Crippen molar-refractivity contribution >= 4 is 22.6 Å². The van der Waals surface area contributed by atoms with E-state index in [0.717, 1.165) is 32.4 Å². The molecule has 5 nitrogen and oxygen atoms in total. The number of nitrogens with zero attached hydrogens (tertiary/aromatic N) is 1. The topological polar surface area (TPSA) is 75.4 Å². The molecule has 2 amide bonds. The van der Waals surface area contributed by atoms with E-state index >= 15 is 0 Å². The van der Waals surface area contributed by atoms with Gasteiger partial charge in [0.05, 0.1) is 0 Å². The smallest absolute Gasteiger partial charge is 0.226 e. The van der Waals surface area contributed by atoms with Gasteiger partial charge >= 0.3 is 0 Å². The number of hydrogen-bond acceptors (Lipinski definition) is 3. The van der Waals surface area contributed by atoms with Gasteiger partial charge in [-0.3, -0.25) is 9.59 Å². The largest absolute Gasteiger partial charge is 0.369 e. The number of likely N-dealkylation sites (tertiary alicyclic amines) is 1. The van der Waals surface area contributed by atoms with Crippen LogP contribution in [0.5, 0.6) is 0 Å². The Bertz CT molecular complexity index is 905. The summed E-state index contributed by atoms with van der Waals surface area (Å²) in [5.41, 5.74) is 7.01. The highest BCUT2D eigenvalue weighted by molar-refractivity contribution is 5.87. The Labute approximate surface area is 192 Å². The normalized spacial score (nSPS) is 18.6. The van der Waals surface area contributed by atoms with Crippen LogP contribution in [-0.4, -0.2) is 35.8 Å². The average molecular weight is 438 g/mol. The number of fused-ring (bicyclic) bond motifs is 1. The maximum atomic E-state index is 13.5. The van der Waals surface area contributed by atoms with E-state index in [0.29, 0.717) is 25.3 Å². The molecule has 2 aromatic carbocycles. The number of benzene rings is 2. The molecule has 2 aromatic rings. The summed E-state index contributed by atoms with van der Waals surface area (Å²) in [6, 6.07) is 15.1. The number of rotatable bonds is 10. The Balaban J connectivity index is 1.67. The second-order valence-electron chi connectivity index (χ2n) is 9.68. The van der Waals surface area contributed by atoms with Crippen LogP contribution in [-0.2, 0) is 16.1 Å². The minimum Gasteiger partial charge on any atom is -0.369 e. The predicted octanol–water partition coefficient (Wildman–Crippen LogP) is 4.48. The Morgan fingerprint density at radius 1 is 1.12 bits per heavy atom. The summed E-state index contributed by atoms with van der Waals surface area (Å²) in [4.78, 5) is 27.7. The van der Waals surface area contributed by atoms with Crippen LogP contribution in [0.15, 0.2) is 42.5 Å². The fraction of sp³-hybridized carbons (Fsp3) is 0.556. The molecule has 3 N–H and O–H groups in total. The Hall–Kier alpha value is -2.40. The van der Waals surface area contributed by atoms with Gasteiger partial charge in [0.15, 0.2) is 0 Å². The number of amides is 2. The van der Waals surface area contributed by atoms with E-state index in [1.165, 1.54) is 16.3 Å². The number of nitrogens with two attached hydrogens (primary N) is 1. The molecule has 0 aromatic heterocycles. The zero-order valence-electron chi connectivity index (χ0n) is 19.8. The lowest BCUT2D eigenvalue weighted by Gasteiger charge is -2.37. The van der Waals surface area contributed by atoms with Gasteiger partial charge in [0.1, 0.15) is 0 Å². The fourth-order valence-electron chi connectivity index (χ4n) is 5.08. The summed E-state index contributed by atoms with van der Waals surface area (Å²) in [5, 5.41) is 6.20. The van der Waals surface area contributed by atoms with E-state index in [4.69, 9.17) is 5.73 Å². The maximum absolute atomic E-state index is 13.5. The molecular formula is C27H39N3O2. The Kier molecular flexibility index (Phi) is 8.68. The van der Waals surface area contributed by atoms with Crippen molar-refractivity contribution in [2.45, 2.75) is 65.5 Å². The molecule has 5 heteroatoms. The van der Waals surface area contributed by atoms with Crippen LogP contribution in [0.25, 0.3) is 10.8 Å². The van der Waals surface area contributed by atoms with Gasteiger partial charge in [0.25, 0.3) is 0 Å². The number of carbonyl (C=O) groups is 2. The summed E-state index contributed by atoms with van der Waals surface area (Å²) in [6.45, 7) is 8.49. The molecule has 3 atom stereocenters. The highest BCUT2D eigenvalue weighted by atomic mass is 16.2. The lowest BCUT2D eigenvalue weighted by atomic mass is 9.81. The van der Waals surface area contributed by atoms with Crippen LogP contribution in [0.3, 0.4) is 0 Å². The van der Waals surface area contributed by atoms with E-state index in [-0.39, 0.29) is 29.7 Å². The third-order valence-electron chi connectivity index (χ3n) is 6.69. The minimum absolute atomic E-state index is 0.104. The molecule has 0 spiro atoms. The summed E-state index contributed by atoms with van der Waals surface area (Å²) < 4.78 is 0. The third-order valence-corrected chi connectivity index (χ3v) is 6.69. The number of carbonyl (C=O) groups excluding carboxylic acids is 2. The molecule has 1 aliphatic heterocycles. The summed E-state index contributed by atoms with van der Waals surface area (Å²) in [7, 11) is 0. The van der Waals surface area contributed by atoms with E-state index in [9.17, 15) is 9.59 Å². The van der Waals surface area contributed by atoms with Gasteiger partial charge in [0.2, 0.25) is 11.8 Å². The van der Waals surface area contributed by atoms with E-state index < -0.39 is 0 Å². The standard InChI is InChI=1S/C27H39N3O2/c1-4-9-24(26(28)31)25(16-19(2)3)27(32)30-15-8-13-22(18-30)29-17-21-12-7-11-20-10-5-6-14-23(20)21/h5-7,10-12,14,19,22,24-25,29H,4,8-9,13,15-18H2,1-3H3,(H2,28,31)/t22?,24-,25+/m0/s1. The molecule has 3 rings (SSSR count). The van der Waals surface area contributed by atoms with Crippen LogP contribution in [0.2, 0.25) is 0 Å². The molecule has 0 saturated carbocycles. The highest BCUT2D eigenvalue weighted by Crippen LogP contribution is 2.28. The van der Waals surface area contributed by atoms with Gasteiger partial charge in [-0.05, 0) is 47.9 Å². The molecule has 1 fully saturated rings. The monoisotopic (exact) mass is 437 g/mol. The van der Waals surface area contributed by atoms with Crippen molar-refractivity contribution in [1.29, 1.82) is 0 Å². The molecule has 1 aliphatic rings. The average Bonchev–Trinajstić information content (AvgIpc) is 2.79. The van der Waals surface area contributed by atoms with Gasteiger partial charge in [-0.1, -0.05) is 69.7 Å². The van der Waals surface area contributed by atoms with Crippen molar-refractivity contribution in [1.82, 2.24) is 10.2 Å². The summed E-state index contributed by atoms with van der Waals surface area (Å²) in [5.74, 6) is -0.586. The van der Waals surface area contributed by atoms with Crippen molar-refractivity contribution in [2.24, 2.45) is 23.5 Å². The lowest BCUT2D eigenvalue weighted by Crippen LogP contribution is -2.51. The second-order valence-corrected chi connectivity index (χ2v) is 9.68. The van der Waals surface area contributed by atoms with Crippen LogP contribution >= 0.6 is 0 Å². The molecule has 1 saturated heterocycles. The van der Waals surface area contributed by atoms with Crippen LogP contribution in [0, 0.1) is 17.8 Å². The first-order valence-corrected chi connectivity index (χ1v) is 12.2. The number of nitrogens with one attached hydrogen (secondary N) is 1. The zero-order chi connectivity index (χ0) is 23.1. The quantitative estimate of drug-likeness (QED) is 0.575. The van der Waals surface area contributed by atoms with Crippen molar-refractivity contribution in [3.8, 4) is 0 Å². The van der Waals surface area contributed by atoms with Gasteiger partial charge in [-0.2, -0.15) is 0 Å². The SMILES string of the molecule is CCC[C@H](C(N)=O)[C@@H](CC(C)C)C(=O)N1CCCC(NCc2cccc3ccccc23)C1. The van der Waals surface area contributed by atoms with Gasteiger partial charge < -0.3 is 16.0 Å². The second kappa shape index (κ2) is 11.5. The third kappa shape index (κ3) is 6.10. The number of hydrogen-bond donors (Lipinski definition) is 2. The van der Waals surface area contributed by atoms with Gasteiger partial charge in [-0.25, -0.2) is 0 Å². The van der Waals surface area contributed by atoms with Crippen LogP contribution < -0.4 is 11.1 Å². The fourth-order valence-corrected chi connectivity index (χ4v) is 5.08. The van der Waals surface area contributed by atoms with Crippen molar-refractivity contribution in [3.05, 3.63) is 48.0 Å². The van der Waals surface area contributed by atoms with Crippen molar-refractivity contribution in [2.75, 3.05) is 13.1 Å². The molecular weight excluding hydrogens is 398 g/mol.